The van der Waals surface area contributed by atoms with Crippen LogP contribution in [0.4, 0.5) is 10.5 Å². The monoisotopic (exact) mass is 290 g/mol. The van der Waals surface area contributed by atoms with E-state index in [0.717, 1.165) is 13.1 Å². The molecule has 0 bridgehead atoms. The van der Waals surface area contributed by atoms with Crippen molar-refractivity contribution < 1.29 is 9.59 Å². The van der Waals surface area contributed by atoms with E-state index in [2.05, 4.69) is 21.3 Å². The standard InChI is InChI=1S/C15H22N4O2/c1-10(2)18-15(21)19-13-5-3-12(4-6-13)14(20)17-9-11-7-16-8-11/h3-6,10-11,16H,7-9H2,1-2H3,(H,17,20)(H2,18,19,21). The lowest BCUT2D eigenvalue weighted by atomic mass is 10.0. The van der Waals surface area contributed by atoms with Gasteiger partial charge in [-0.3, -0.25) is 4.79 Å². The number of amides is 3. The van der Waals surface area contributed by atoms with Gasteiger partial charge in [0.25, 0.3) is 5.91 Å². The fourth-order valence-corrected chi connectivity index (χ4v) is 1.97. The summed E-state index contributed by atoms with van der Waals surface area (Å²) in [6.07, 6.45) is 0. The molecule has 1 aliphatic rings. The highest BCUT2D eigenvalue weighted by atomic mass is 16.2. The van der Waals surface area contributed by atoms with Gasteiger partial charge in [-0.15, -0.1) is 0 Å². The third-order valence-corrected chi connectivity index (χ3v) is 3.24. The molecule has 1 aromatic carbocycles. The molecule has 21 heavy (non-hydrogen) atoms. The fraction of sp³-hybridized carbons (Fsp3) is 0.467. The van der Waals surface area contributed by atoms with Crippen molar-refractivity contribution in [3.63, 3.8) is 0 Å². The molecule has 0 unspecified atom stereocenters. The minimum atomic E-state index is -0.250. The third-order valence-electron chi connectivity index (χ3n) is 3.24. The summed E-state index contributed by atoms with van der Waals surface area (Å²) >= 11 is 0. The summed E-state index contributed by atoms with van der Waals surface area (Å²) in [7, 11) is 0. The van der Waals surface area contributed by atoms with Crippen molar-refractivity contribution in [1.82, 2.24) is 16.0 Å². The van der Waals surface area contributed by atoms with E-state index in [4.69, 9.17) is 0 Å². The van der Waals surface area contributed by atoms with Gasteiger partial charge in [-0.2, -0.15) is 0 Å². The Morgan fingerprint density at radius 1 is 1.24 bits per heavy atom. The van der Waals surface area contributed by atoms with Crippen LogP contribution in [0.25, 0.3) is 0 Å². The summed E-state index contributed by atoms with van der Waals surface area (Å²) in [5.74, 6) is 0.453. The Morgan fingerprint density at radius 2 is 1.90 bits per heavy atom. The minimum absolute atomic E-state index is 0.0797. The summed E-state index contributed by atoms with van der Waals surface area (Å²) in [6, 6.07) is 6.69. The number of anilines is 1. The van der Waals surface area contributed by atoms with E-state index in [1.165, 1.54) is 0 Å². The van der Waals surface area contributed by atoms with Crippen LogP contribution in [0.15, 0.2) is 24.3 Å². The van der Waals surface area contributed by atoms with E-state index >= 15 is 0 Å². The van der Waals surface area contributed by atoms with Crippen LogP contribution in [0.5, 0.6) is 0 Å². The van der Waals surface area contributed by atoms with Crippen molar-refractivity contribution in [1.29, 1.82) is 0 Å². The van der Waals surface area contributed by atoms with Gasteiger partial charge in [0.2, 0.25) is 0 Å². The molecule has 0 atom stereocenters. The van der Waals surface area contributed by atoms with Crippen molar-refractivity contribution in [2.75, 3.05) is 25.0 Å². The van der Waals surface area contributed by atoms with Gasteiger partial charge in [-0.1, -0.05) is 0 Å². The zero-order valence-corrected chi connectivity index (χ0v) is 12.4. The fourth-order valence-electron chi connectivity index (χ4n) is 1.97. The van der Waals surface area contributed by atoms with E-state index in [1.807, 2.05) is 13.8 Å². The molecule has 6 heteroatoms. The number of carbonyl (C=O) groups is 2. The second kappa shape index (κ2) is 7.08. The zero-order valence-electron chi connectivity index (χ0n) is 12.4. The summed E-state index contributed by atoms with van der Waals surface area (Å²) in [5, 5.41) is 11.5. The summed E-state index contributed by atoms with van der Waals surface area (Å²) in [5.41, 5.74) is 1.25. The molecule has 0 aromatic heterocycles. The number of rotatable bonds is 5. The molecular weight excluding hydrogens is 268 g/mol. The number of urea groups is 1. The van der Waals surface area contributed by atoms with Crippen molar-refractivity contribution in [3.05, 3.63) is 29.8 Å². The van der Waals surface area contributed by atoms with Crippen LogP contribution in [0.3, 0.4) is 0 Å². The van der Waals surface area contributed by atoms with E-state index in [-0.39, 0.29) is 18.0 Å². The average Bonchev–Trinajstić information content (AvgIpc) is 2.36. The van der Waals surface area contributed by atoms with Gasteiger partial charge >= 0.3 is 6.03 Å². The highest BCUT2D eigenvalue weighted by Crippen LogP contribution is 2.10. The molecule has 6 nitrogen and oxygen atoms in total. The maximum absolute atomic E-state index is 11.9. The van der Waals surface area contributed by atoms with E-state index < -0.39 is 0 Å². The van der Waals surface area contributed by atoms with E-state index in [1.54, 1.807) is 24.3 Å². The molecule has 3 amide bonds. The van der Waals surface area contributed by atoms with E-state index in [0.29, 0.717) is 23.7 Å². The molecule has 1 saturated heterocycles. The zero-order chi connectivity index (χ0) is 15.2. The number of hydrogen-bond donors (Lipinski definition) is 4. The molecule has 1 aromatic rings. The van der Waals surface area contributed by atoms with Crippen LogP contribution in [0, 0.1) is 5.92 Å². The Bertz CT molecular complexity index is 495. The van der Waals surface area contributed by atoms with Crippen LogP contribution in [-0.4, -0.2) is 37.6 Å². The first-order chi connectivity index (χ1) is 10.0. The Morgan fingerprint density at radius 3 is 2.43 bits per heavy atom. The maximum atomic E-state index is 11.9. The Labute approximate surface area is 124 Å². The molecule has 1 aliphatic heterocycles. The molecule has 1 fully saturated rings. The summed E-state index contributed by atoms with van der Waals surface area (Å²) in [6.45, 7) is 6.42. The van der Waals surface area contributed by atoms with Gasteiger partial charge in [-0.25, -0.2) is 4.79 Å². The lowest BCUT2D eigenvalue weighted by Crippen LogP contribution is -2.48. The van der Waals surface area contributed by atoms with Crippen LogP contribution in [-0.2, 0) is 0 Å². The lowest BCUT2D eigenvalue weighted by Gasteiger charge is -2.27. The van der Waals surface area contributed by atoms with Gasteiger partial charge in [-0.05, 0) is 38.1 Å². The first kappa shape index (κ1) is 15.3. The predicted octanol–water partition coefficient (Wildman–Crippen LogP) is 1.17. The number of benzene rings is 1. The second-order valence-electron chi connectivity index (χ2n) is 5.56. The third kappa shape index (κ3) is 4.75. The highest BCUT2D eigenvalue weighted by molar-refractivity contribution is 5.95. The largest absolute Gasteiger partial charge is 0.352 e. The first-order valence-corrected chi connectivity index (χ1v) is 7.21. The number of hydrogen-bond acceptors (Lipinski definition) is 3. The van der Waals surface area contributed by atoms with E-state index in [9.17, 15) is 9.59 Å². The van der Waals surface area contributed by atoms with Gasteiger partial charge in [0.15, 0.2) is 0 Å². The van der Waals surface area contributed by atoms with Crippen molar-refractivity contribution in [3.8, 4) is 0 Å². The second-order valence-corrected chi connectivity index (χ2v) is 5.56. The molecule has 0 radical (unpaired) electrons. The molecule has 0 spiro atoms. The summed E-state index contributed by atoms with van der Waals surface area (Å²) < 4.78 is 0. The summed E-state index contributed by atoms with van der Waals surface area (Å²) in [4.78, 5) is 23.5. The van der Waals surface area contributed by atoms with Crippen LogP contribution >= 0.6 is 0 Å². The molecule has 0 saturated carbocycles. The predicted molar refractivity (Wildman–Crippen MR) is 82.4 cm³/mol. The number of carbonyl (C=O) groups excluding carboxylic acids is 2. The smallest absolute Gasteiger partial charge is 0.319 e. The van der Waals surface area contributed by atoms with Crippen molar-refractivity contribution in [2.45, 2.75) is 19.9 Å². The molecular formula is C15H22N4O2. The lowest BCUT2D eigenvalue weighted by molar-refractivity contribution is 0.0942. The Hall–Kier alpha value is -2.08. The molecule has 4 N–H and O–H groups in total. The van der Waals surface area contributed by atoms with Crippen LogP contribution in [0.1, 0.15) is 24.2 Å². The Kier molecular flexibility index (Phi) is 5.16. The SMILES string of the molecule is CC(C)NC(=O)Nc1ccc(C(=O)NCC2CNC2)cc1. The molecule has 1 heterocycles. The minimum Gasteiger partial charge on any atom is -0.352 e. The van der Waals surface area contributed by atoms with Crippen LogP contribution < -0.4 is 21.3 Å². The highest BCUT2D eigenvalue weighted by Gasteiger charge is 2.17. The van der Waals surface area contributed by atoms with Crippen molar-refractivity contribution >= 4 is 17.6 Å². The van der Waals surface area contributed by atoms with Crippen LogP contribution in [0.2, 0.25) is 0 Å². The quantitative estimate of drug-likeness (QED) is 0.657. The molecule has 2 rings (SSSR count). The van der Waals surface area contributed by atoms with Gasteiger partial charge in [0, 0.05) is 42.8 Å². The van der Waals surface area contributed by atoms with Gasteiger partial charge in [0.05, 0.1) is 0 Å². The Balaban J connectivity index is 1.82. The number of nitrogens with one attached hydrogen (secondary N) is 4. The van der Waals surface area contributed by atoms with Crippen molar-refractivity contribution in [2.24, 2.45) is 5.92 Å². The van der Waals surface area contributed by atoms with Gasteiger partial charge < -0.3 is 21.3 Å². The molecule has 0 aliphatic carbocycles. The average molecular weight is 290 g/mol. The normalized spacial score (nSPS) is 14.4. The topological polar surface area (TPSA) is 82.3 Å². The maximum Gasteiger partial charge on any atom is 0.319 e. The van der Waals surface area contributed by atoms with Gasteiger partial charge in [0.1, 0.15) is 0 Å². The molecule has 114 valence electrons. The first-order valence-electron chi connectivity index (χ1n) is 7.21.